The van der Waals surface area contributed by atoms with Crippen LogP contribution in [0.3, 0.4) is 0 Å². The minimum absolute atomic E-state index is 0.0326. The highest BCUT2D eigenvalue weighted by Gasteiger charge is 2.23. The molecule has 148 valence electrons. The Labute approximate surface area is 167 Å². The van der Waals surface area contributed by atoms with Gasteiger partial charge in [-0.1, -0.05) is 24.6 Å². The molecule has 2 aromatic carbocycles. The predicted molar refractivity (Wildman–Crippen MR) is 112 cm³/mol. The first-order valence-electron chi connectivity index (χ1n) is 10.5. The summed E-state index contributed by atoms with van der Waals surface area (Å²) in [7, 11) is 1.69. The van der Waals surface area contributed by atoms with E-state index in [0.29, 0.717) is 6.54 Å². The second kappa shape index (κ2) is 8.78. The molecule has 0 saturated carbocycles. The van der Waals surface area contributed by atoms with Gasteiger partial charge in [-0.3, -0.25) is 9.69 Å². The Morgan fingerprint density at radius 3 is 2.50 bits per heavy atom. The lowest BCUT2D eigenvalue weighted by atomic mass is 10.0. The number of nitrogens with zero attached hydrogens (tertiary/aromatic N) is 1. The molecule has 1 aliphatic heterocycles. The molecule has 0 radical (unpaired) electrons. The first-order valence-corrected chi connectivity index (χ1v) is 10.5. The summed E-state index contributed by atoms with van der Waals surface area (Å²) in [5.41, 5.74) is 4.76. The Bertz CT molecular complexity index is 810. The Morgan fingerprint density at radius 2 is 1.75 bits per heavy atom. The summed E-state index contributed by atoms with van der Waals surface area (Å²) in [6.07, 6.45) is 7.20. The number of hydrogen-bond acceptors (Lipinski definition) is 3. The normalized spacial score (nSPS) is 17.8. The van der Waals surface area contributed by atoms with Crippen molar-refractivity contribution in [2.75, 3.05) is 26.7 Å². The number of amides is 1. The highest BCUT2D eigenvalue weighted by Crippen LogP contribution is 2.26. The van der Waals surface area contributed by atoms with Gasteiger partial charge in [-0.2, -0.15) is 0 Å². The van der Waals surface area contributed by atoms with Gasteiger partial charge in [-0.05, 0) is 86.1 Å². The molecule has 28 heavy (non-hydrogen) atoms. The summed E-state index contributed by atoms with van der Waals surface area (Å²) < 4.78 is 5.30. The van der Waals surface area contributed by atoms with E-state index in [1.807, 2.05) is 18.2 Å². The highest BCUT2D eigenvalue weighted by atomic mass is 16.5. The minimum atomic E-state index is 0.0326. The summed E-state index contributed by atoms with van der Waals surface area (Å²) in [5, 5.41) is 3.20. The molecule has 2 aromatic rings. The molecule has 0 bridgehead atoms. The number of aryl methyl sites for hydroxylation is 2. The van der Waals surface area contributed by atoms with Crippen LogP contribution < -0.4 is 10.1 Å². The molecule has 4 rings (SSSR count). The number of piperidine rings is 1. The number of nitrogens with one attached hydrogen (secondary N) is 1. The second-order valence-electron chi connectivity index (χ2n) is 7.93. The van der Waals surface area contributed by atoms with Gasteiger partial charge in [0.05, 0.1) is 13.2 Å². The molecule has 4 nitrogen and oxygen atoms in total. The van der Waals surface area contributed by atoms with Crippen molar-refractivity contribution >= 4 is 5.91 Å². The Balaban J connectivity index is 1.47. The predicted octanol–water partition coefficient (Wildman–Crippen LogP) is 4.14. The fourth-order valence-electron chi connectivity index (χ4n) is 4.52. The molecule has 2 aliphatic rings. The highest BCUT2D eigenvalue weighted by molar-refractivity contribution is 5.94. The van der Waals surface area contributed by atoms with Crippen LogP contribution in [0.25, 0.3) is 0 Å². The lowest BCUT2D eigenvalue weighted by Gasteiger charge is -2.35. The molecule has 1 fully saturated rings. The third-order valence-corrected chi connectivity index (χ3v) is 6.15. The molecule has 1 saturated heterocycles. The van der Waals surface area contributed by atoms with Crippen molar-refractivity contribution in [2.45, 2.75) is 44.6 Å². The maximum atomic E-state index is 12.8. The molecule has 1 atom stereocenters. The van der Waals surface area contributed by atoms with Gasteiger partial charge in [-0.25, -0.2) is 0 Å². The SMILES string of the molecule is COc1ccc(C(CNC(=O)c2ccc3c(c2)CCC3)N2CCCCC2)cc1. The number of likely N-dealkylation sites (tertiary alicyclic amines) is 1. The summed E-state index contributed by atoms with van der Waals surface area (Å²) >= 11 is 0. The van der Waals surface area contributed by atoms with Gasteiger partial charge in [0, 0.05) is 12.1 Å². The fourth-order valence-corrected chi connectivity index (χ4v) is 4.52. The molecule has 4 heteroatoms. The Hall–Kier alpha value is -2.33. The van der Waals surface area contributed by atoms with Gasteiger partial charge in [-0.15, -0.1) is 0 Å². The summed E-state index contributed by atoms with van der Waals surface area (Å²) in [6.45, 7) is 2.80. The average Bonchev–Trinajstić information content (AvgIpc) is 3.23. The van der Waals surface area contributed by atoms with Crippen LogP contribution in [0, 0.1) is 0 Å². The van der Waals surface area contributed by atoms with E-state index in [1.54, 1.807) is 7.11 Å². The number of hydrogen-bond donors (Lipinski definition) is 1. The summed E-state index contributed by atoms with van der Waals surface area (Å²) in [5.74, 6) is 0.897. The van der Waals surface area contributed by atoms with Crippen LogP contribution in [0.15, 0.2) is 42.5 Å². The van der Waals surface area contributed by atoms with Crippen LogP contribution in [0.5, 0.6) is 5.75 Å². The van der Waals surface area contributed by atoms with Crippen LogP contribution in [0.4, 0.5) is 0 Å². The third-order valence-electron chi connectivity index (χ3n) is 6.15. The number of carbonyl (C=O) groups is 1. The van der Waals surface area contributed by atoms with E-state index in [1.165, 1.54) is 42.4 Å². The van der Waals surface area contributed by atoms with Crippen LogP contribution in [0.2, 0.25) is 0 Å². The number of carbonyl (C=O) groups excluding carboxylic acids is 1. The standard InChI is InChI=1S/C24H30N2O2/c1-28-22-12-10-19(11-13-22)23(26-14-3-2-4-15-26)17-25-24(27)21-9-8-18-6-5-7-20(18)16-21/h8-13,16,23H,2-7,14-15,17H2,1H3,(H,25,27). The van der Waals surface area contributed by atoms with Crippen molar-refractivity contribution in [2.24, 2.45) is 0 Å². The second-order valence-corrected chi connectivity index (χ2v) is 7.93. The van der Waals surface area contributed by atoms with Crippen LogP contribution in [-0.4, -0.2) is 37.6 Å². The Morgan fingerprint density at radius 1 is 1.00 bits per heavy atom. The first-order chi connectivity index (χ1) is 13.7. The van der Waals surface area contributed by atoms with E-state index in [2.05, 4.69) is 34.5 Å². The number of benzene rings is 2. The molecule has 1 amide bonds. The topological polar surface area (TPSA) is 41.6 Å². The van der Waals surface area contributed by atoms with Crippen molar-refractivity contribution in [1.82, 2.24) is 10.2 Å². The van der Waals surface area contributed by atoms with E-state index >= 15 is 0 Å². The molecule has 1 N–H and O–H groups in total. The maximum absolute atomic E-state index is 12.8. The lowest BCUT2D eigenvalue weighted by Crippen LogP contribution is -2.40. The van der Waals surface area contributed by atoms with E-state index in [-0.39, 0.29) is 11.9 Å². The molecule has 0 spiro atoms. The van der Waals surface area contributed by atoms with E-state index in [9.17, 15) is 4.79 Å². The van der Waals surface area contributed by atoms with E-state index in [4.69, 9.17) is 4.74 Å². The van der Waals surface area contributed by atoms with Crippen molar-refractivity contribution < 1.29 is 9.53 Å². The van der Waals surface area contributed by atoms with Crippen LogP contribution >= 0.6 is 0 Å². The van der Waals surface area contributed by atoms with Crippen molar-refractivity contribution in [3.63, 3.8) is 0 Å². The van der Waals surface area contributed by atoms with Gasteiger partial charge in [0.1, 0.15) is 5.75 Å². The van der Waals surface area contributed by atoms with Crippen molar-refractivity contribution in [3.05, 3.63) is 64.7 Å². The van der Waals surface area contributed by atoms with E-state index < -0.39 is 0 Å². The molecular weight excluding hydrogens is 348 g/mol. The van der Waals surface area contributed by atoms with Gasteiger partial charge < -0.3 is 10.1 Å². The number of rotatable bonds is 6. The van der Waals surface area contributed by atoms with Crippen molar-refractivity contribution in [3.8, 4) is 5.75 Å². The van der Waals surface area contributed by atoms with Gasteiger partial charge in [0.25, 0.3) is 5.91 Å². The number of methoxy groups -OCH3 is 1. The minimum Gasteiger partial charge on any atom is -0.497 e. The molecule has 1 aliphatic carbocycles. The summed E-state index contributed by atoms with van der Waals surface area (Å²) in [4.78, 5) is 15.3. The molecule has 1 unspecified atom stereocenters. The quantitative estimate of drug-likeness (QED) is 0.821. The van der Waals surface area contributed by atoms with E-state index in [0.717, 1.165) is 37.2 Å². The maximum Gasteiger partial charge on any atom is 0.251 e. The smallest absolute Gasteiger partial charge is 0.251 e. The zero-order chi connectivity index (χ0) is 19.3. The number of fused-ring (bicyclic) bond motifs is 1. The van der Waals surface area contributed by atoms with Gasteiger partial charge in [0.2, 0.25) is 0 Å². The monoisotopic (exact) mass is 378 g/mol. The number of ether oxygens (including phenoxy) is 1. The molecular formula is C24H30N2O2. The molecule has 1 heterocycles. The van der Waals surface area contributed by atoms with Crippen molar-refractivity contribution in [1.29, 1.82) is 0 Å². The molecule has 0 aromatic heterocycles. The third kappa shape index (κ3) is 4.22. The first kappa shape index (κ1) is 19.0. The van der Waals surface area contributed by atoms with Crippen LogP contribution in [0.1, 0.15) is 58.8 Å². The zero-order valence-electron chi connectivity index (χ0n) is 16.7. The largest absolute Gasteiger partial charge is 0.497 e. The Kier molecular flexibility index (Phi) is 5.96. The fraction of sp³-hybridized carbons (Fsp3) is 0.458. The van der Waals surface area contributed by atoms with Crippen LogP contribution in [-0.2, 0) is 12.8 Å². The zero-order valence-corrected chi connectivity index (χ0v) is 16.7. The summed E-state index contributed by atoms with van der Waals surface area (Å²) in [6, 6.07) is 14.7. The lowest BCUT2D eigenvalue weighted by molar-refractivity contribution is 0.0924. The van der Waals surface area contributed by atoms with Gasteiger partial charge in [0.15, 0.2) is 0 Å². The average molecular weight is 379 g/mol. The van der Waals surface area contributed by atoms with Gasteiger partial charge >= 0.3 is 0 Å².